The zero-order valence-corrected chi connectivity index (χ0v) is 14.9. The summed E-state index contributed by atoms with van der Waals surface area (Å²) in [5, 5.41) is 9.65. The van der Waals surface area contributed by atoms with E-state index in [1.807, 2.05) is 12.1 Å². The molecule has 7 heteroatoms. The molecule has 2 heterocycles. The van der Waals surface area contributed by atoms with Crippen molar-refractivity contribution >= 4 is 12.0 Å². The van der Waals surface area contributed by atoms with E-state index in [0.717, 1.165) is 5.56 Å². The normalized spacial score (nSPS) is 17.2. The predicted molar refractivity (Wildman–Crippen MR) is 92.6 cm³/mol. The quantitative estimate of drug-likeness (QED) is 0.809. The monoisotopic (exact) mass is 349 g/mol. The Morgan fingerprint density at radius 3 is 2.68 bits per heavy atom. The number of carbonyl (C=O) groups excluding carboxylic acids is 2. The van der Waals surface area contributed by atoms with Crippen LogP contribution in [0.4, 0.5) is 4.79 Å². The van der Waals surface area contributed by atoms with Crippen LogP contribution < -0.4 is 5.73 Å². The zero-order valence-electron chi connectivity index (χ0n) is 14.9. The molecule has 0 bridgehead atoms. The van der Waals surface area contributed by atoms with Crippen LogP contribution in [0.15, 0.2) is 24.5 Å². The van der Waals surface area contributed by atoms with E-state index < -0.39 is 11.7 Å². The maximum absolute atomic E-state index is 13.0. The van der Waals surface area contributed by atoms with Gasteiger partial charge in [-0.25, -0.2) is 4.79 Å². The number of amides is 2. The number of carbonyl (C=O) groups is 2. The van der Waals surface area contributed by atoms with Gasteiger partial charge in [-0.1, -0.05) is 6.07 Å². The van der Waals surface area contributed by atoms with Gasteiger partial charge in [-0.3, -0.25) is 9.78 Å². The van der Waals surface area contributed by atoms with Gasteiger partial charge in [0.15, 0.2) is 0 Å². The molecule has 0 spiro atoms. The van der Waals surface area contributed by atoms with Gasteiger partial charge in [-0.15, -0.1) is 0 Å². The highest BCUT2D eigenvalue weighted by Gasteiger charge is 2.34. The molecule has 2 rings (SSSR count). The number of pyridine rings is 1. The molecule has 1 aliphatic heterocycles. The Hall–Kier alpha value is -2.15. The first-order chi connectivity index (χ1) is 11.8. The highest BCUT2D eigenvalue weighted by molar-refractivity contribution is 5.79. The second kappa shape index (κ2) is 8.29. The molecule has 1 aromatic heterocycles. The predicted octanol–water partition coefficient (Wildman–Crippen LogP) is 1.49. The third-order valence-corrected chi connectivity index (χ3v) is 4.45. The molecule has 2 amide bonds. The van der Waals surface area contributed by atoms with E-state index in [2.05, 4.69) is 4.98 Å². The van der Waals surface area contributed by atoms with Gasteiger partial charge in [0.25, 0.3) is 0 Å². The number of hydrogen-bond acceptors (Lipinski definition) is 5. The van der Waals surface area contributed by atoms with E-state index in [1.54, 1.807) is 31.1 Å². The van der Waals surface area contributed by atoms with E-state index in [4.69, 9.17) is 10.5 Å². The molecule has 1 aromatic rings. The van der Waals surface area contributed by atoms with Gasteiger partial charge in [0.2, 0.25) is 5.91 Å². The Bertz CT molecular complexity index is 583. The van der Waals surface area contributed by atoms with Gasteiger partial charge in [0.05, 0.1) is 6.10 Å². The van der Waals surface area contributed by atoms with E-state index in [0.29, 0.717) is 38.8 Å². The largest absolute Gasteiger partial charge is 0.444 e. The summed E-state index contributed by atoms with van der Waals surface area (Å²) < 4.78 is 5.17. The van der Waals surface area contributed by atoms with Crippen LogP contribution in [0, 0.1) is 5.92 Å². The average Bonchev–Trinajstić information content (AvgIpc) is 2.54. The van der Waals surface area contributed by atoms with Crippen molar-refractivity contribution in [3.63, 3.8) is 0 Å². The molecule has 0 saturated carbocycles. The van der Waals surface area contributed by atoms with Crippen LogP contribution in [-0.4, -0.2) is 51.8 Å². The van der Waals surface area contributed by atoms with Crippen molar-refractivity contribution < 1.29 is 19.4 Å². The van der Waals surface area contributed by atoms with Crippen LogP contribution >= 0.6 is 0 Å². The lowest BCUT2D eigenvalue weighted by molar-refractivity contribution is -0.139. The second-order valence-corrected chi connectivity index (χ2v) is 7.20. The number of hydrogen-bond donors (Lipinski definition) is 2. The molecule has 0 aliphatic carbocycles. The van der Waals surface area contributed by atoms with Crippen molar-refractivity contribution in [2.45, 2.75) is 51.2 Å². The molecule has 3 N–H and O–H groups in total. The highest BCUT2D eigenvalue weighted by atomic mass is 16.6. The van der Waals surface area contributed by atoms with Crippen LogP contribution in [0.5, 0.6) is 0 Å². The van der Waals surface area contributed by atoms with Crippen molar-refractivity contribution in [2.24, 2.45) is 11.7 Å². The van der Waals surface area contributed by atoms with Gasteiger partial charge in [0.1, 0.15) is 5.60 Å². The topological polar surface area (TPSA) is 106 Å². The van der Waals surface area contributed by atoms with E-state index >= 15 is 0 Å². The number of ether oxygens (including phenoxy) is 1. The maximum Gasteiger partial charge on any atom is 0.405 e. The number of primary amides is 1. The van der Waals surface area contributed by atoms with Crippen molar-refractivity contribution in [3.8, 4) is 0 Å². The van der Waals surface area contributed by atoms with Crippen molar-refractivity contribution in [1.29, 1.82) is 0 Å². The molecular weight excluding hydrogens is 322 g/mol. The summed E-state index contributed by atoms with van der Waals surface area (Å²) in [5.74, 6) is -0.342. The van der Waals surface area contributed by atoms with Crippen LogP contribution in [0.25, 0.3) is 0 Å². The molecule has 7 nitrogen and oxygen atoms in total. The van der Waals surface area contributed by atoms with Crippen LogP contribution in [0.2, 0.25) is 0 Å². The third-order valence-electron chi connectivity index (χ3n) is 4.45. The van der Waals surface area contributed by atoms with E-state index in [9.17, 15) is 14.7 Å². The lowest BCUT2D eigenvalue weighted by atomic mass is 9.87. The Morgan fingerprint density at radius 2 is 2.12 bits per heavy atom. The molecule has 25 heavy (non-hydrogen) atoms. The number of aliphatic hydroxyl groups is 1. The molecule has 1 aliphatic rings. The van der Waals surface area contributed by atoms with Crippen LogP contribution in [0.1, 0.15) is 38.7 Å². The zero-order chi connectivity index (χ0) is 18.4. The number of aliphatic hydroxyl groups excluding tert-OH is 1. The summed E-state index contributed by atoms with van der Waals surface area (Å²) in [6, 6.07) is 3.76. The number of likely N-dealkylation sites (tertiary alicyclic amines) is 1. The molecule has 1 saturated heterocycles. The molecule has 0 unspecified atom stereocenters. The van der Waals surface area contributed by atoms with E-state index in [-0.39, 0.29) is 17.9 Å². The third kappa shape index (κ3) is 6.01. The Labute approximate surface area is 148 Å². The summed E-state index contributed by atoms with van der Waals surface area (Å²) in [6.45, 7) is 4.59. The molecule has 1 atom stereocenters. The lowest BCUT2D eigenvalue weighted by Gasteiger charge is -2.35. The van der Waals surface area contributed by atoms with E-state index in [1.165, 1.54) is 0 Å². The molecule has 0 aromatic carbocycles. The van der Waals surface area contributed by atoms with Crippen molar-refractivity contribution in [1.82, 2.24) is 9.88 Å². The van der Waals surface area contributed by atoms with Gasteiger partial charge >= 0.3 is 6.09 Å². The van der Waals surface area contributed by atoms with Gasteiger partial charge < -0.3 is 20.5 Å². The number of rotatable bonds is 6. The van der Waals surface area contributed by atoms with Gasteiger partial charge in [-0.05, 0) is 51.2 Å². The van der Waals surface area contributed by atoms with Crippen LogP contribution in [-0.2, 0) is 16.0 Å². The molecular formula is C18H27N3O4. The minimum atomic E-state index is -0.848. The average molecular weight is 349 g/mol. The van der Waals surface area contributed by atoms with Crippen LogP contribution in [0.3, 0.4) is 0 Å². The first-order valence-corrected chi connectivity index (χ1v) is 8.61. The standard InChI is InChI=1S/C18H27N3O4/c1-18(2,25-17(19)24)11-14(10-13-4-3-7-20-12-13)16(23)21-8-5-15(22)6-9-21/h3-4,7,12,14-15,22H,5-6,8-11H2,1-2H3,(H2,19,24)/t14-/m0/s1. The first kappa shape index (κ1) is 19.2. The summed E-state index contributed by atoms with van der Waals surface area (Å²) in [7, 11) is 0. The minimum absolute atomic E-state index is 0.0110. The number of piperidine rings is 1. The Kier molecular flexibility index (Phi) is 6.36. The fourth-order valence-electron chi connectivity index (χ4n) is 3.30. The molecule has 0 radical (unpaired) electrons. The first-order valence-electron chi connectivity index (χ1n) is 8.61. The lowest BCUT2D eigenvalue weighted by Crippen LogP contribution is -2.45. The summed E-state index contributed by atoms with van der Waals surface area (Å²) >= 11 is 0. The Balaban J connectivity index is 2.13. The SMILES string of the molecule is CC(C)(C[C@H](Cc1cccnc1)C(=O)N1CCC(O)CC1)OC(N)=O. The minimum Gasteiger partial charge on any atom is -0.444 e. The Morgan fingerprint density at radius 1 is 1.44 bits per heavy atom. The van der Waals surface area contributed by atoms with Gasteiger partial charge in [0, 0.05) is 31.4 Å². The highest BCUT2D eigenvalue weighted by Crippen LogP contribution is 2.26. The van der Waals surface area contributed by atoms with Crippen molar-refractivity contribution in [3.05, 3.63) is 30.1 Å². The number of nitrogens with two attached hydrogens (primary N) is 1. The fraction of sp³-hybridized carbons (Fsp3) is 0.611. The fourth-order valence-corrected chi connectivity index (χ4v) is 3.30. The summed E-state index contributed by atoms with van der Waals surface area (Å²) in [4.78, 5) is 30.0. The second-order valence-electron chi connectivity index (χ2n) is 7.20. The molecule has 1 fully saturated rings. The number of aromatic nitrogens is 1. The van der Waals surface area contributed by atoms with Crippen molar-refractivity contribution in [2.75, 3.05) is 13.1 Å². The molecule has 138 valence electrons. The summed E-state index contributed by atoms with van der Waals surface area (Å²) in [6.07, 6.45) is 4.29. The van der Waals surface area contributed by atoms with Gasteiger partial charge in [-0.2, -0.15) is 0 Å². The maximum atomic E-state index is 13.0. The summed E-state index contributed by atoms with van der Waals surface area (Å²) in [5.41, 5.74) is 5.25. The smallest absolute Gasteiger partial charge is 0.405 e. The number of nitrogens with zero attached hydrogens (tertiary/aromatic N) is 2.